The second-order valence-corrected chi connectivity index (χ2v) is 8.10. The van der Waals surface area contributed by atoms with E-state index in [1.807, 2.05) is 30.3 Å². The highest BCUT2D eigenvalue weighted by Gasteiger charge is 2.35. The molecule has 0 radical (unpaired) electrons. The molecule has 0 aliphatic rings. The Balaban J connectivity index is 1.70. The summed E-state index contributed by atoms with van der Waals surface area (Å²) in [6.07, 6.45) is -4.97. The highest BCUT2D eigenvalue weighted by Crippen LogP contribution is 2.34. The van der Waals surface area contributed by atoms with E-state index < -0.39 is 34.6 Å². The van der Waals surface area contributed by atoms with Gasteiger partial charge in [-0.15, -0.1) is 0 Å². The molecule has 0 amide bonds. The smallest absolute Gasteiger partial charge is 0.431 e. The quantitative estimate of drug-likeness (QED) is 0.359. The number of nitrogens with two attached hydrogens (primary N) is 1. The number of hydrogen-bond acceptors (Lipinski definition) is 6. The zero-order valence-electron chi connectivity index (χ0n) is 18.9. The summed E-state index contributed by atoms with van der Waals surface area (Å²) in [5.74, 6) is -1.43. The molecule has 192 valence electrons. The summed E-state index contributed by atoms with van der Waals surface area (Å²) >= 11 is 6.08. The predicted octanol–water partition coefficient (Wildman–Crippen LogP) is 4.70. The van der Waals surface area contributed by atoms with Crippen molar-refractivity contribution in [3.05, 3.63) is 104 Å². The average molecular weight is 537 g/mol. The summed E-state index contributed by atoms with van der Waals surface area (Å²) < 4.78 is 65.9. The number of benzene rings is 2. The first-order valence-electron chi connectivity index (χ1n) is 10.5. The molecule has 0 atom stereocenters. The molecule has 4 aromatic rings. The van der Waals surface area contributed by atoms with Crippen molar-refractivity contribution in [1.82, 2.24) is 14.1 Å². The first-order valence-corrected chi connectivity index (χ1v) is 10.8. The first kappa shape index (κ1) is 25.8. The van der Waals surface area contributed by atoms with E-state index in [0.29, 0.717) is 0 Å². The van der Waals surface area contributed by atoms with Gasteiger partial charge in [0.2, 0.25) is 11.8 Å². The van der Waals surface area contributed by atoms with E-state index >= 15 is 0 Å². The molecule has 13 heteroatoms. The van der Waals surface area contributed by atoms with Crippen molar-refractivity contribution in [2.45, 2.75) is 12.8 Å². The summed E-state index contributed by atoms with van der Waals surface area (Å²) in [4.78, 5) is 29.1. The van der Waals surface area contributed by atoms with Gasteiger partial charge in [0, 0.05) is 25.2 Å². The summed E-state index contributed by atoms with van der Waals surface area (Å²) in [5, 5.41) is -0.261. The zero-order valence-corrected chi connectivity index (χ0v) is 19.7. The molecule has 4 rings (SSSR count). The van der Waals surface area contributed by atoms with E-state index in [1.54, 1.807) is 0 Å². The van der Waals surface area contributed by atoms with Gasteiger partial charge in [-0.1, -0.05) is 41.9 Å². The Morgan fingerprint density at radius 1 is 1.05 bits per heavy atom. The number of aromatic nitrogens is 3. The normalized spacial score (nSPS) is 11.4. The maximum absolute atomic E-state index is 14.7. The van der Waals surface area contributed by atoms with Gasteiger partial charge in [0.05, 0.1) is 16.4 Å². The van der Waals surface area contributed by atoms with Crippen molar-refractivity contribution in [2.75, 3.05) is 5.73 Å². The van der Waals surface area contributed by atoms with Crippen LogP contribution >= 0.6 is 11.6 Å². The summed E-state index contributed by atoms with van der Waals surface area (Å²) in [6.45, 7) is 0.156. The van der Waals surface area contributed by atoms with Crippen LogP contribution in [0.1, 0.15) is 11.3 Å². The topological polar surface area (TPSA) is 101 Å². The Kier molecular flexibility index (Phi) is 6.94. The lowest BCUT2D eigenvalue weighted by Gasteiger charge is -2.15. The van der Waals surface area contributed by atoms with E-state index in [-0.39, 0.29) is 50.0 Å². The molecular formula is C24H17ClF4N4O4. The third kappa shape index (κ3) is 5.43. The molecule has 8 nitrogen and oxygen atoms in total. The van der Waals surface area contributed by atoms with E-state index in [4.69, 9.17) is 26.8 Å². The average Bonchev–Trinajstić information content (AvgIpc) is 2.84. The maximum atomic E-state index is 14.7. The Labute approximate surface area is 211 Å². The standard InChI is InChI=1S/C24H17ClF4N4O4/c1-32-19(24(27,28)29)11-21(34)33(23(32)35)17-10-18(14(25)9-15(17)26)37-20-8-7-16(30)22(31-20)36-12-13-5-3-2-4-6-13/h2-11H,12,30H2,1H3. The Bertz CT molecular complexity index is 1590. The molecule has 0 unspecified atom stereocenters. The van der Waals surface area contributed by atoms with Crippen molar-refractivity contribution in [1.29, 1.82) is 0 Å². The highest BCUT2D eigenvalue weighted by molar-refractivity contribution is 6.32. The van der Waals surface area contributed by atoms with E-state index in [0.717, 1.165) is 24.7 Å². The Morgan fingerprint density at radius 2 is 1.76 bits per heavy atom. The van der Waals surface area contributed by atoms with Gasteiger partial charge in [0.15, 0.2) is 0 Å². The van der Waals surface area contributed by atoms with Gasteiger partial charge in [-0.05, 0) is 17.7 Å². The molecule has 0 fully saturated rings. The molecule has 0 saturated heterocycles. The fraction of sp³-hybridized carbons (Fsp3) is 0.125. The van der Waals surface area contributed by atoms with Gasteiger partial charge in [-0.3, -0.25) is 9.36 Å². The SMILES string of the molecule is Cn1c(C(F)(F)F)cc(=O)n(-c2cc(Oc3ccc(N)c(OCc4ccccc4)n3)c(Cl)cc2F)c1=O. The van der Waals surface area contributed by atoms with Gasteiger partial charge in [-0.2, -0.15) is 18.2 Å². The zero-order chi connectivity index (χ0) is 26.9. The number of halogens is 5. The van der Waals surface area contributed by atoms with Crippen LogP contribution < -0.4 is 26.5 Å². The molecule has 2 aromatic carbocycles. The molecule has 0 spiro atoms. The molecule has 37 heavy (non-hydrogen) atoms. The lowest BCUT2D eigenvalue weighted by Crippen LogP contribution is -2.41. The van der Waals surface area contributed by atoms with E-state index in [1.165, 1.54) is 12.1 Å². The first-order chi connectivity index (χ1) is 17.5. The molecule has 0 bridgehead atoms. The van der Waals surface area contributed by atoms with Crippen molar-refractivity contribution in [3.63, 3.8) is 0 Å². The van der Waals surface area contributed by atoms with Crippen molar-refractivity contribution in [3.8, 4) is 23.2 Å². The number of hydrogen-bond donors (Lipinski definition) is 1. The highest BCUT2D eigenvalue weighted by atomic mass is 35.5. The van der Waals surface area contributed by atoms with E-state index in [2.05, 4.69) is 4.98 Å². The van der Waals surface area contributed by atoms with Crippen molar-refractivity contribution < 1.29 is 27.0 Å². The van der Waals surface area contributed by atoms with Crippen molar-refractivity contribution in [2.24, 2.45) is 7.05 Å². The number of nitrogens with zero attached hydrogens (tertiary/aromatic N) is 3. The van der Waals surface area contributed by atoms with Crippen LogP contribution in [0.5, 0.6) is 17.5 Å². The van der Waals surface area contributed by atoms with Crippen LogP contribution in [0.25, 0.3) is 5.69 Å². The minimum absolute atomic E-state index is 0.0349. The number of alkyl halides is 3. The van der Waals surface area contributed by atoms with Crippen LogP contribution in [0.3, 0.4) is 0 Å². The number of rotatable bonds is 6. The lowest BCUT2D eigenvalue weighted by molar-refractivity contribution is -0.144. The fourth-order valence-electron chi connectivity index (χ4n) is 3.33. The lowest BCUT2D eigenvalue weighted by atomic mass is 10.2. The fourth-order valence-corrected chi connectivity index (χ4v) is 3.52. The van der Waals surface area contributed by atoms with Gasteiger partial charge in [0.25, 0.3) is 5.56 Å². The Morgan fingerprint density at radius 3 is 2.43 bits per heavy atom. The second-order valence-electron chi connectivity index (χ2n) is 7.70. The summed E-state index contributed by atoms with van der Waals surface area (Å²) in [6, 6.07) is 13.8. The third-order valence-corrected chi connectivity index (χ3v) is 5.45. The molecule has 0 aliphatic heterocycles. The minimum Gasteiger partial charge on any atom is -0.471 e. The molecule has 2 aromatic heterocycles. The van der Waals surface area contributed by atoms with Gasteiger partial charge < -0.3 is 15.2 Å². The van der Waals surface area contributed by atoms with Crippen molar-refractivity contribution >= 4 is 17.3 Å². The second kappa shape index (κ2) is 9.97. The summed E-state index contributed by atoms with van der Waals surface area (Å²) in [7, 11) is 0.807. The minimum atomic E-state index is -4.97. The number of ether oxygens (including phenoxy) is 2. The largest absolute Gasteiger partial charge is 0.471 e. The van der Waals surface area contributed by atoms with E-state index in [9.17, 15) is 27.2 Å². The van der Waals surface area contributed by atoms with Crippen LogP contribution in [0, 0.1) is 5.82 Å². The predicted molar refractivity (Wildman–Crippen MR) is 127 cm³/mol. The Hall–Kier alpha value is -4.32. The van der Waals surface area contributed by atoms with Crippen LogP contribution in [0.2, 0.25) is 5.02 Å². The third-order valence-electron chi connectivity index (χ3n) is 5.15. The van der Waals surface area contributed by atoms with Gasteiger partial charge >= 0.3 is 11.9 Å². The van der Waals surface area contributed by atoms with Crippen LogP contribution in [0.15, 0.2) is 70.3 Å². The van der Waals surface area contributed by atoms with Crippen LogP contribution in [-0.4, -0.2) is 14.1 Å². The number of anilines is 1. The molecular weight excluding hydrogens is 520 g/mol. The van der Waals surface area contributed by atoms with Gasteiger partial charge in [-0.25, -0.2) is 13.8 Å². The number of pyridine rings is 1. The van der Waals surface area contributed by atoms with Gasteiger partial charge in [0.1, 0.15) is 23.9 Å². The van der Waals surface area contributed by atoms with Crippen LogP contribution in [-0.2, 0) is 19.8 Å². The molecule has 2 heterocycles. The number of nitrogen functional groups attached to an aromatic ring is 1. The van der Waals surface area contributed by atoms with Crippen LogP contribution in [0.4, 0.5) is 23.2 Å². The molecule has 0 saturated carbocycles. The monoisotopic (exact) mass is 536 g/mol. The molecule has 2 N–H and O–H groups in total. The summed E-state index contributed by atoms with van der Waals surface area (Å²) in [5.41, 5.74) is 1.99. The maximum Gasteiger partial charge on any atom is 0.431 e. The molecule has 0 aliphatic carbocycles.